The van der Waals surface area contributed by atoms with E-state index in [1.165, 1.54) is 29.1 Å². The van der Waals surface area contributed by atoms with Gasteiger partial charge in [0.15, 0.2) is 5.69 Å². The summed E-state index contributed by atoms with van der Waals surface area (Å²) >= 11 is 0. The van der Waals surface area contributed by atoms with Gasteiger partial charge in [0.25, 0.3) is 5.91 Å². The minimum Gasteiger partial charge on any atom is -0.347 e. The molecular weight excluding hydrogens is 357 g/mol. The van der Waals surface area contributed by atoms with Gasteiger partial charge >= 0.3 is 6.18 Å². The fourth-order valence-corrected chi connectivity index (χ4v) is 2.65. The average Bonchev–Trinajstić information content (AvgIpc) is 3.05. The highest BCUT2D eigenvalue weighted by molar-refractivity contribution is 5.92. The van der Waals surface area contributed by atoms with E-state index < -0.39 is 11.7 Å². The van der Waals surface area contributed by atoms with Gasteiger partial charge in [-0.3, -0.25) is 4.79 Å². The van der Waals surface area contributed by atoms with E-state index in [-0.39, 0.29) is 35.7 Å². The molecule has 2 aromatic rings. The van der Waals surface area contributed by atoms with Crippen molar-refractivity contribution in [2.75, 3.05) is 13.1 Å². The lowest BCUT2D eigenvalue weighted by Crippen LogP contribution is -2.45. The zero-order chi connectivity index (χ0) is 17.2. The van der Waals surface area contributed by atoms with E-state index in [0.717, 1.165) is 31.5 Å². The summed E-state index contributed by atoms with van der Waals surface area (Å²) in [5, 5.41) is 10.2. The molecule has 1 aromatic heterocycles. The normalized spacial score (nSPS) is 17.6. The summed E-state index contributed by atoms with van der Waals surface area (Å²) < 4.78 is 39.6. The Hall–Kier alpha value is -2.06. The molecule has 0 radical (unpaired) electrons. The number of amides is 1. The SMILES string of the molecule is Cl.O=C(N[C@H]1CCCNC1)c1ccn(-c2cccc(C(F)(F)F)c2)n1. The van der Waals surface area contributed by atoms with Crippen LogP contribution in [0, 0.1) is 0 Å². The molecule has 5 nitrogen and oxygen atoms in total. The lowest BCUT2D eigenvalue weighted by molar-refractivity contribution is -0.137. The summed E-state index contributed by atoms with van der Waals surface area (Å²) in [5.41, 5.74) is -0.323. The first kappa shape index (κ1) is 19.3. The van der Waals surface area contributed by atoms with Crippen LogP contribution in [-0.4, -0.2) is 34.8 Å². The third-order valence-electron chi connectivity index (χ3n) is 3.89. The first-order valence-electron chi connectivity index (χ1n) is 7.68. The van der Waals surface area contributed by atoms with Gasteiger partial charge in [0, 0.05) is 18.8 Å². The van der Waals surface area contributed by atoms with E-state index in [4.69, 9.17) is 0 Å². The maximum absolute atomic E-state index is 12.8. The Morgan fingerprint density at radius 2 is 2.12 bits per heavy atom. The molecular formula is C16H18ClF3N4O. The van der Waals surface area contributed by atoms with Crippen molar-refractivity contribution in [3.8, 4) is 5.69 Å². The summed E-state index contributed by atoms with van der Waals surface area (Å²) in [5.74, 6) is -0.325. The van der Waals surface area contributed by atoms with Crippen LogP contribution in [0.3, 0.4) is 0 Å². The Morgan fingerprint density at radius 1 is 1.32 bits per heavy atom. The van der Waals surface area contributed by atoms with Gasteiger partial charge in [0.1, 0.15) is 0 Å². The monoisotopic (exact) mass is 374 g/mol. The van der Waals surface area contributed by atoms with Gasteiger partial charge in [-0.05, 0) is 43.7 Å². The van der Waals surface area contributed by atoms with Crippen LogP contribution in [-0.2, 0) is 6.18 Å². The molecule has 1 aromatic carbocycles. The Balaban J connectivity index is 0.00000225. The van der Waals surface area contributed by atoms with Crippen LogP contribution >= 0.6 is 12.4 Å². The smallest absolute Gasteiger partial charge is 0.347 e. The third kappa shape index (κ3) is 4.73. The van der Waals surface area contributed by atoms with Crippen molar-refractivity contribution in [2.45, 2.75) is 25.1 Å². The first-order chi connectivity index (χ1) is 11.4. The minimum atomic E-state index is -4.42. The van der Waals surface area contributed by atoms with E-state index in [1.807, 2.05) is 0 Å². The maximum atomic E-state index is 12.8. The Morgan fingerprint density at radius 3 is 2.80 bits per heavy atom. The number of carbonyl (C=O) groups excluding carboxylic acids is 1. The number of nitrogens with one attached hydrogen (secondary N) is 2. The Labute approximate surface area is 149 Å². The number of halogens is 4. The van der Waals surface area contributed by atoms with E-state index in [1.54, 1.807) is 0 Å². The van der Waals surface area contributed by atoms with E-state index in [2.05, 4.69) is 15.7 Å². The van der Waals surface area contributed by atoms with Crippen LogP contribution < -0.4 is 10.6 Å². The van der Waals surface area contributed by atoms with Gasteiger partial charge in [-0.1, -0.05) is 6.07 Å². The van der Waals surface area contributed by atoms with Crippen LogP contribution in [0.4, 0.5) is 13.2 Å². The lowest BCUT2D eigenvalue weighted by atomic mass is 10.1. The molecule has 136 valence electrons. The molecule has 2 N–H and O–H groups in total. The van der Waals surface area contributed by atoms with Crippen LogP contribution in [0.5, 0.6) is 0 Å². The predicted octanol–water partition coefficient (Wildman–Crippen LogP) is 2.79. The Bertz CT molecular complexity index is 726. The second-order valence-electron chi connectivity index (χ2n) is 5.71. The summed E-state index contributed by atoms with van der Waals surface area (Å²) in [7, 11) is 0. The summed E-state index contributed by atoms with van der Waals surface area (Å²) in [6.07, 6.45) is -1.06. The van der Waals surface area contributed by atoms with E-state index in [0.29, 0.717) is 6.54 Å². The van der Waals surface area contributed by atoms with Crippen molar-refractivity contribution < 1.29 is 18.0 Å². The number of carbonyl (C=O) groups is 1. The third-order valence-corrected chi connectivity index (χ3v) is 3.89. The molecule has 1 fully saturated rings. The predicted molar refractivity (Wildman–Crippen MR) is 89.2 cm³/mol. The fourth-order valence-electron chi connectivity index (χ4n) is 2.65. The van der Waals surface area contributed by atoms with Crippen LogP contribution in [0.2, 0.25) is 0 Å². The number of aromatic nitrogens is 2. The van der Waals surface area contributed by atoms with Crippen LogP contribution in [0.25, 0.3) is 5.69 Å². The van der Waals surface area contributed by atoms with Crippen molar-refractivity contribution in [2.24, 2.45) is 0 Å². The highest BCUT2D eigenvalue weighted by atomic mass is 35.5. The second kappa shape index (κ2) is 7.88. The number of benzene rings is 1. The number of hydrogen-bond donors (Lipinski definition) is 2. The minimum absolute atomic E-state index is 0. The van der Waals surface area contributed by atoms with Crippen molar-refractivity contribution in [3.05, 3.63) is 47.8 Å². The van der Waals surface area contributed by atoms with Crippen molar-refractivity contribution in [1.82, 2.24) is 20.4 Å². The van der Waals surface area contributed by atoms with Gasteiger partial charge in [0.05, 0.1) is 11.3 Å². The zero-order valence-corrected chi connectivity index (χ0v) is 14.0. The zero-order valence-electron chi connectivity index (χ0n) is 13.2. The molecule has 1 aliphatic heterocycles. The van der Waals surface area contributed by atoms with Crippen molar-refractivity contribution in [3.63, 3.8) is 0 Å². The maximum Gasteiger partial charge on any atom is 0.416 e. The van der Waals surface area contributed by atoms with Crippen molar-refractivity contribution in [1.29, 1.82) is 0 Å². The second-order valence-corrected chi connectivity index (χ2v) is 5.71. The van der Waals surface area contributed by atoms with Crippen LogP contribution in [0.1, 0.15) is 28.9 Å². The van der Waals surface area contributed by atoms with E-state index in [9.17, 15) is 18.0 Å². The topological polar surface area (TPSA) is 59.0 Å². The summed E-state index contributed by atoms with van der Waals surface area (Å²) in [4.78, 5) is 12.2. The van der Waals surface area contributed by atoms with Crippen LogP contribution in [0.15, 0.2) is 36.5 Å². The molecule has 0 aliphatic carbocycles. The number of hydrogen-bond acceptors (Lipinski definition) is 3. The quantitative estimate of drug-likeness (QED) is 0.868. The molecule has 1 aliphatic rings. The fraction of sp³-hybridized carbons (Fsp3) is 0.375. The number of alkyl halides is 3. The molecule has 1 amide bonds. The van der Waals surface area contributed by atoms with Gasteiger partial charge < -0.3 is 10.6 Å². The number of nitrogens with zero attached hydrogens (tertiary/aromatic N) is 2. The highest BCUT2D eigenvalue weighted by Crippen LogP contribution is 2.30. The molecule has 2 heterocycles. The molecule has 1 atom stereocenters. The molecule has 0 saturated carbocycles. The highest BCUT2D eigenvalue weighted by Gasteiger charge is 2.30. The Kier molecular flexibility index (Phi) is 6.07. The molecule has 25 heavy (non-hydrogen) atoms. The van der Waals surface area contributed by atoms with E-state index >= 15 is 0 Å². The molecule has 0 spiro atoms. The average molecular weight is 375 g/mol. The largest absolute Gasteiger partial charge is 0.416 e. The van der Waals surface area contributed by atoms with Gasteiger partial charge in [0.2, 0.25) is 0 Å². The number of piperidine rings is 1. The standard InChI is InChI=1S/C16H17F3N4O.ClH/c17-16(18,19)11-3-1-5-13(9-11)23-8-6-14(22-23)15(24)21-12-4-2-7-20-10-12;/h1,3,5-6,8-9,12,20H,2,4,7,10H2,(H,21,24);1H/t12-;/m0./s1. The molecule has 1 saturated heterocycles. The molecule has 0 unspecified atom stereocenters. The van der Waals surface area contributed by atoms with Gasteiger partial charge in [-0.25, -0.2) is 4.68 Å². The summed E-state index contributed by atoms with van der Waals surface area (Å²) in [6.45, 7) is 1.65. The van der Waals surface area contributed by atoms with Crippen molar-refractivity contribution >= 4 is 18.3 Å². The molecule has 3 rings (SSSR count). The molecule has 0 bridgehead atoms. The van der Waals surface area contributed by atoms with Gasteiger partial charge in [-0.15, -0.1) is 12.4 Å². The lowest BCUT2D eigenvalue weighted by Gasteiger charge is -2.23. The number of rotatable bonds is 3. The van der Waals surface area contributed by atoms with Gasteiger partial charge in [-0.2, -0.15) is 18.3 Å². The first-order valence-corrected chi connectivity index (χ1v) is 7.68. The molecule has 9 heteroatoms. The summed E-state index contributed by atoms with van der Waals surface area (Å²) in [6, 6.07) is 6.36.